The van der Waals surface area contributed by atoms with E-state index in [-0.39, 0.29) is 11.6 Å². The van der Waals surface area contributed by atoms with Gasteiger partial charge in [0.1, 0.15) is 13.0 Å². The molecule has 0 heterocycles. The Kier molecular flexibility index (Phi) is 9.70. The monoisotopic (exact) mass is 588 g/mol. The van der Waals surface area contributed by atoms with Crippen LogP contribution in [0.1, 0.15) is 23.1 Å². The summed E-state index contributed by atoms with van der Waals surface area (Å²) in [6.07, 6.45) is 0.957. The number of anilines is 1. The molecule has 8 nitrogen and oxygen atoms in total. The lowest BCUT2D eigenvalue weighted by molar-refractivity contribution is -0.126. The molecule has 2 amide bonds. The Morgan fingerprint density at radius 3 is 2.61 bits per heavy atom. The number of benzene rings is 3. The van der Waals surface area contributed by atoms with Gasteiger partial charge in [-0.2, -0.15) is 10.4 Å². The minimum atomic E-state index is -0.606. The van der Waals surface area contributed by atoms with Crippen LogP contribution in [0.15, 0.2) is 64.2 Å². The molecule has 0 unspecified atom stereocenters. The number of nitriles is 1. The number of ether oxygens (including phenoxy) is 2. The van der Waals surface area contributed by atoms with Crippen molar-refractivity contribution in [2.24, 2.45) is 5.10 Å². The molecule has 0 fully saturated rings. The van der Waals surface area contributed by atoms with E-state index in [4.69, 9.17) is 32.7 Å². The fourth-order valence-electron chi connectivity index (χ4n) is 3.00. The summed E-state index contributed by atoms with van der Waals surface area (Å²) >= 11 is 15.2. The number of nitrogens with zero attached hydrogens (tertiary/aromatic N) is 2. The number of hydrazone groups is 1. The summed E-state index contributed by atoms with van der Waals surface area (Å²) in [4.78, 5) is 24.1. The highest BCUT2D eigenvalue weighted by atomic mass is 79.9. The Morgan fingerprint density at radius 1 is 1.11 bits per heavy atom. The van der Waals surface area contributed by atoms with E-state index in [1.54, 1.807) is 30.3 Å². The molecule has 0 saturated carbocycles. The van der Waals surface area contributed by atoms with E-state index in [0.717, 1.165) is 5.56 Å². The van der Waals surface area contributed by atoms with Crippen LogP contribution in [0.5, 0.6) is 11.5 Å². The number of rotatable bonds is 9. The van der Waals surface area contributed by atoms with Gasteiger partial charge < -0.3 is 14.8 Å². The minimum absolute atomic E-state index is 0.173. The quantitative estimate of drug-likeness (QED) is 0.189. The normalized spacial score (nSPS) is 10.5. The molecule has 2 N–H and O–H groups in total. The van der Waals surface area contributed by atoms with E-state index in [0.29, 0.717) is 37.8 Å². The second-order valence-corrected chi connectivity index (χ2v) is 8.91. The second-order valence-electron chi connectivity index (χ2n) is 7.24. The minimum Gasteiger partial charge on any atom is -0.493 e. The van der Waals surface area contributed by atoms with Crippen molar-refractivity contribution in [3.8, 4) is 17.6 Å². The molecule has 36 heavy (non-hydrogen) atoms. The van der Waals surface area contributed by atoms with Gasteiger partial charge in [-0.3, -0.25) is 9.59 Å². The van der Waals surface area contributed by atoms with Crippen LogP contribution in [0.2, 0.25) is 10.0 Å². The standard InChI is InChI=1S/C25H19BrCl2N4O4/c1-35-22-9-15(8-19(26)25(22)36-14-17-5-3-2-4-16(17)12-29)13-30-32-24(34)11-23(33)31-18-6-7-20(27)21(28)10-18/h2-10,13H,11,14H2,1H3,(H,31,33)(H,32,34). The van der Waals surface area contributed by atoms with Gasteiger partial charge >= 0.3 is 0 Å². The summed E-state index contributed by atoms with van der Waals surface area (Å²) in [6.45, 7) is 0.173. The molecule has 0 aromatic heterocycles. The summed E-state index contributed by atoms with van der Waals surface area (Å²) in [5.41, 5.74) is 4.59. The highest BCUT2D eigenvalue weighted by Crippen LogP contribution is 2.37. The summed E-state index contributed by atoms with van der Waals surface area (Å²) in [5.74, 6) is -0.270. The molecular weight excluding hydrogens is 571 g/mol. The Morgan fingerprint density at radius 2 is 1.89 bits per heavy atom. The van der Waals surface area contributed by atoms with Crippen LogP contribution in [0.25, 0.3) is 0 Å². The smallest absolute Gasteiger partial charge is 0.249 e. The predicted molar refractivity (Wildman–Crippen MR) is 142 cm³/mol. The van der Waals surface area contributed by atoms with Crippen LogP contribution in [0.3, 0.4) is 0 Å². The average Bonchev–Trinajstić information content (AvgIpc) is 2.85. The van der Waals surface area contributed by atoms with E-state index in [9.17, 15) is 14.9 Å². The zero-order valence-electron chi connectivity index (χ0n) is 18.8. The average molecular weight is 590 g/mol. The summed E-state index contributed by atoms with van der Waals surface area (Å²) in [7, 11) is 1.49. The first-order valence-corrected chi connectivity index (χ1v) is 11.9. The Labute approximate surface area is 225 Å². The van der Waals surface area contributed by atoms with Crippen molar-refractivity contribution >= 4 is 62.8 Å². The van der Waals surface area contributed by atoms with Crippen molar-refractivity contribution in [1.82, 2.24) is 5.43 Å². The van der Waals surface area contributed by atoms with Crippen LogP contribution in [-0.2, 0) is 16.2 Å². The molecule has 3 rings (SSSR count). The van der Waals surface area contributed by atoms with Gasteiger partial charge in [-0.25, -0.2) is 5.43 Å². The third kappa shape index (κ3) is 7.46. The zero-order chi connectivity index (χ0) is 26.1. The lowest BCUT2D eigenvalue weighted by Gasteiger charge is -2.14. The Hall–Kier alpha value is -3.58. The van der Waals surface area contributed by atoms with Gasteiger partial charge in [-0.1, -0.05) is 41.4 Å². The van der Waals surface area contributed by atoms with Crippen LogP contribution in [0, 0.1) is 11.3 Å². The summed E-state index contributed by atoms with van der Waals surface area (Å²) in [5, 5.41) is 16.3. The number of halogens is 3. The van der Waals surface area contributed by atoms with Crippen LogP contribution >= 0.6 is 39.1 Å². The van der Waals surface area contributed by atoms with Gasteiger partial charge in [-0.05, 0) is 57.9 Å². The first-order chi connectivity index (χ1) is 17.3. The largest absolute Gasteiger partial charge is 0.493 e. The van der Waals surface area contributed by atoms with Gasteiger partial charge in [0, 0.05) is 11.3 Å². The SMILES string of the molecule is COc1cc(C=NNC(=O)CC(=O)Nc2ccc(Cl)c(Cl)c2)cc(Br)c1OCc1ccccc1C#N. The molecule has 0 spiro atoms. The molecule has 3 aromatic carbocycles. The first kappa shape index (κ1) is 27.0. The highest BCUT2D eigenvalue weighted by molar-refractivity contribution is 9.10. The number of carbonyl (C=O) groups is 2. The van der Waals surface area contributed by atoms with Crippen LogP contribution in [-0.4, -0.2) is 25.1 Å². The number of methoxy groups -OCH3 is 1. The number of hydrogen-bond donors (Lipinski definition) is 2. The van der Waals surface area contributed by atoms with Gasteiger partial charge in [0.05, 0.1) is 39.5 Å². The van der Waals surface area contributed by atoms with Crippen molar-refractivity contribution in [1.29, 1.82) is 5.26 Å². The molecule has 0 atom stereocenters. The highest BCUT2D eigenvalue weighted by Gasteiger charge is 2.13. The lowest BCUT2D eigenvalue weighted by atomic mass is 10.1. The van der Waals surface area contributed by atoms with Crippen molar-refractivity contribution in [3.63, 3.8) is 0 Å². The lowest BCUT2D eigenvalue weighted by Crippen LogP contribution is -2.24. The van der Waals surface area contributed by atoms with Crippen molar-refractivity contribution < 1.29 is 19.1 Å². The zero-order valence-corrected chi connectivity index (χ0v) is 21.9. The van der Waals surface area contributed by atoms with E-state index < -0.39 is 18.2 Å². The van der Waals surface area contributed by atoms with Gasteiger partial charge in [0.2, 0.25) is 11.8 Å². The molecule has 11 heteroatoms. The van der Waals surface area contributed by atoms with E-state index in [2.05, 4.69) is 37.8 Å². The third-order valence-corrected chi connectivity index (χ3v) is 6.02. The molecule has 0 saturated heterocycles. The molecule has 0 aliphatic rings. The van der Waals surface area contributed by atoms with Crippen molar-refractivity contribution in [3.05, 3.63) is 85.8 Å². The third-order valence-electron chi connectivity index (χ3n) is 4.69. The first-order valence-electron chi connectivity index (χ1n) is 10.4. The number of carbonyl (C=O) groups excluding carboxylic acids is 2. The van der Waals surface area contributed by atoms with Crippen LogP contribution in [0.4, 0.5) is 5.69 Å². The van der Waals surface area contributed by atoms with Crippen molar-refractivity contribution in [2.75, 3.05) is 12.4 Å². The Bertz CT molecular complexity index is 1360. The maximum absolute atomic E-state index is 12.1. The summed E-state index contributed by atoms with van der Waals surface area (Å²) < 4.78 is 11.9. The molecule has 0 aliphatic carbocycles. The van der Waals surface area contributed by atoms with E-state index in [1.807, 2.05) is 12.1 Å². The molecule has 3 aromatic rings. The van der Waals surface area contributed by atoms with Gasteiger partial charge in [0.15, 0.2) is 11.5 Å². The molecule has 184 valence electrons. The molecule has 0 radical (unpaired) electrons. The summed E-state index contributed by atoms with van der Waals surface area (Å²) in [6, 6.07) is 17.3. The maximum Gasteiger partial charge on any atom is 0.249 e. The molecular formula is C25H19BrCl2N4O4. The fourth-order valence-corrected chi connectivity index (χ4v) is 3.88. The Balaban J connectivity index is 1.58. The fraction of sp³-hybridized carbons (Fsp3) is 0.120. The van der Waals surface area contributed by atoms with Crippen molar-refractivity contribution in [2.45, 2.75) is 13.0 Å². The molecule has 0 aliphatic heterocycles. The van der Waals surface area contributed by atoms with E-state index >= 15 is 0 Å². The van der Waals surface area contributed by atoms with E-state index in [1.165, 1.54) is 25.5 Å². The van der Waals surface area contributed by atoms with Gasteiger partial charge in [-0.15, -0.1) is 0 Å². The number of hydrogen-bond acceptors (Lipinski definition) is 6. The predicted octanol–water partition coefficient (Wildman–Crippen LogP) is 5.69. The topological polar surface area (TPSA) is 113 Å². The number of amides is 2. The second kappa shape index (κ2) is 12.9. The van der Waals surface area contributed by atoms with Crippen LogP contribution < -0.4 is 20.2 Å². The molecule has 0 bridgehead atoms. The number of nitrogens with one attached hydrogen (secondary N) is 2. The van der Waals surface area contributed by atoms with Gasteiger partial charge in [0.25, 0.3) is 0 Å². The maximum atomic E-state index is 12.1.